The number of carbonyl (C=O) groups excluding carboxylic acids is 3. The fourth-order valence-electron chi connectivity index (χ4n) is 8.92. The lowest BCUT2D eigenvalue weighted by Gasteiger charge is -2.21. The molecule has 18 heteroatoms. The van der Waals surface area contributed by atoms with E-state index in [-0.39, 0.29) is 19.3 Å². The van der Waals surface area contributed by atoms with E-state index in [0.717, 1.165) is 128 Å². The van der Waals surface area contributed by atoms with Crippen LogP contribution in [0.3, 0.4) is 0 Å². The van der Waals surface area contributed by atoms with Gasteiger partial charge in [-0.15, -0.1) is 0 Å². The first-order valence-electron chi connectivity index (χ1n) is 33.9. The van der Waals surface area contributed by atoms with Gasteiger partial charge in [-0.05, 0) is 96.3 Å². The number of carbonyl (C=O) groups is 3. The molecular weight excluding hydrogens is 1150 g/mol. The predicted octanol–water partition coefficient (Wildman–Crippen LogP) is 18.5. The van der Waals surface area contributed by atoms with Crippen LogP contribution >= 0.6 is 15.6 Å². The molecule has 0 spiro atoms. The molecule has 0 aliphatic heterocycles. The first-order valence-corrected chi connectivity index (χ1v) is 36.9. The van der Waals surface area contributed by atoms with Crippen LogP contribution in [0.2, 0.25) is 0 Å². The van der Waals surface area contributed by atoms with Crippen LogP contribution in [0.15, 0.2) is 85.1 Å². The molecule has 0 saturated carbocycles. The summed E-state index contributed by atoms with van der Waals surface area (Å²) in [5.74, 6) is -1.60. The molecule has 504 valence electrons. The Hall–Kier alpha value is -3.27. The average molecular weight is 1270 g/mol. The van der Waals surface area contributed by atoms with Crippen molar-refractivity contribution in [3.05, 3.63) is 85.1 Å². The van der Waals surface area contributed by atoms with Crippen molar-refractivity contribution >= 4 is 33.6 Å². The number of phosphoric ester groups is 2. The van der Waals surface area contributed by atoms with Crippen LogP contribution in [0, 0.1) is 0 Å². The van der Waals surface area contributed by atoms with E-state index >= 15 is 0 Å². The SMILES string of the molecule is CC/C=C\C/C=C\C/C=C\CCCCCCCC(=O)OCC(COP(=O)(O)OCC(O)COP(=O)(O)OCC(O)COC(=O)CCCCCCC/C=C\C/C=C\C/C=C\C/C=C\CCCCC)OC(=O)CCCCCCCCCCCCCCCCC. The third kappa shape index (κ3) is 64.1. The summed E-state index contributed by atoms with van der Waals surface area (Å²) < 4.78 is 60.8. The van der Waals surface area contributed by atoms with Gasteiger partial charge in [-0.3, -0.25) is 32.5 Å². The smallest absolute Gasteiger partial charge is 0.463 e. The molecule has 0 aliphatic rings. The van der Waals surface area contributed by atoms with Crippen LogP contribution in [0.4, 0.5) is 0 Å². The van der Waals surface area contributed by atoms with Crippen molar-refractivity contribution in [2.45, 2.75) is 296 Å². The Labute approximate surface area is 527 Å². The number of hydrogen-bond donors (Lipinski definition) is 4. The number of ether oxygens (including phenoxy) is 3. The fourth-order valence-corrected chi connectivity index (χ4v) is 10.5. The predicted molar refractivity (Wildman–Crippen MR) is 353 cm³/mol. The van der Waals surface area contributed by atoms with Crippen molar-refractivity contribution in [3.63, 3.8) is 0 Å². The molecule has 0 heterocycles. The van der Waals surface area contributed by atoms with E-state index in [4.69, 9.17) is 32.3 Å². The zero-order chi connectivity index (χ0) is 63.8. The monoisotopic (exact) mass is 1270 g/mol. The second kappa shape index (κ2) is 62.9. The summed E-state index contributed by atoms with van der Waals surface area (Å²) in [6.07, 6.45) is 66.3. The van der Waals surface area contributed by atoms with Crippen LogP contribution in [0.25, 0.3) is 0 Å². The molecule has 0 bridgehead atoms. The van der Waals surface area contributed by atoms with E-state index in [0.29, 0.717) is 19.3 Å². The van der Waals surface area contributed by atoms with Crippen molar-refractivity contribution in [2.24, 2.45) is 0 Å². The maximum absolute atomic E-state index is 12.9. The molecule has 87 heavy (non-hydrogen) atoms. The minimum Gasteiger partial charge on any atom is -0.463 e. The molecule has 4 N–H and O–H groups in total. The summed E-state index contributed by atoms with van der Waals surface area (Å²) in [4.78, 5) is 58.3. The normalized spacial score (nSPS) is 14.8. The molecule has 0 aromatic heterocycles. The van der Waals surface area contributed by atoms with Gasteiger partial charge in [-0.1, -0.05) is 247 Å². The van der Waals surface area contributed by atoms with Crippen molar-refractivity contribution in [1.82, 2.24) is 0 Å². The van der Waals surface area contributed by atoms with Crippen LogP contribution < -0.4 is 0 Å². The van der Waals surface area contributed by atoms with E-state index in [2.05, 4.69) is 106 Å². The zero-order valence-corrected chi connectivity index (χ0v) is 56.2. The molecule has 0 amide bonds. The lowest BCUT2D eigenvalue weighted by molar-refractivity contribution is -0.161. The standard InChI is InChI=1S/C69H122O16P2/c1-4-7-10-13-16-19-22-25-28-29-30-31-32-33-36-38-40-43-46-49-52-55-67(72)79-58-64(70)59-81-86(75,76)82-60-65(71)61-83-87(77,78)84-63-66(85-69(74)57-54-51-48-45-42-39-35-27-24-21-18-15-12-9-6-3)62-80-68(73)56-53-50-47-44-41-37-34-26-23-20-17-14-11-8-5-2/h8,11,16-17,19-20,25-26,28,30-31,33-34,36,64-66,70-71H,4-7,9-10,12-15,18,21-24,27,29,32,35,37-63H2,1-3H3,(H,75,76)(H,77,78)/b11-8-,19-16-,20-17-,28-25-,31-30-,34-26-,36-33-. The summed E-state index contributed by atoms with van der Waals surface area (Å²) in [6, 6.07) is 0. The molecule has 5 atom stereocenters. The summed E-state index contributed by atoms with van der Waals surface area (Å²) in [7, 11) is -9.78. The third-order valence-corrected chi connectivity index (χ3v) is 16.0. The lowest BCUT2D eigenvalue weighted by Crippen LogP contribution is -2.30. The van der Waals surface area contributed by atoms with E-state index in [1.165, 1.54) is 89.9 Å². The molecular formula is C69H122O16P2. The Morgan fingerprint density at radius 2 is 0.609 bits per heavy atom. The van der Waals surface area contributed by atoms with Gasteiger partial charge >= 0.3 is 33.6 Å². The number of aliphatic hydroxyl groups excluding tert-OH is 2. The lowest BCUT2D eigenvalue weighted by atomic mass is 10.0. The second-order valence-corrected chi connectivity index (χ2v) is 25.5. The molecule has 0 aromatic carbocycles. The van der Waals surface area contributed by atoms with Gasteiger partial charge in [0.15, 0.2) is 6.10 Å². The topological polar surface area (TPSA) is 231 Å². The molecule has 5 unspecified atom stereocenters. The minimum atomic E-state index is -4.92. The summed E-state index contributed by atoms with van der Waals surface area (Å²) >= 11 is 0. The highest BCUT2D eigenvalue weighted by Gasteiger charge is 2.29. The summed E-state index contributed by atoms with van der Waals surface area (Å²) in [5, 5.41) is 20.5. The second-order valence-electron chi connectivity index (χ2n) is 22.6. The van der Waals surface area contributed by atoms with Gasteiger partial charge in [0.25, 0.3) is 0 Å². The van der Waals surface area contributed by atoms with E-state index < -0.39 is 91.5 Å². The Morgan fingerprint density at radius 1 is 0.333 bits per heavy atom. The van der Waals surface area contributed by atoms with Gasteiger partial charge < -0.3 is 34.2 Å². The van der Waals surface area contributed by atoms with Crippen molar-refractivity contribution in [1.29, 1.82) is 0 Å². The Bertz CT molecular complexity index is 1930. The number of unbranched alkanes of at least 4 members (excludes halogenated alkanes) is 27. The summed E-state index contributed by atoms with van der Waals surface area (Å²) in [5.41, 5.74) is 0. The summed E-state index contributed by atoms with van der Waals surface area (Å²) in [6.45, 7) is 2.50. The van der Waals surface area contributed by atoms with Gasteiger partial charge in [0.2, 0.25) is 0 Å². The molecule has 0 rings (SSSR count). The van der Waals surface area contributed by atoms with E-state index in [9.17, 15) is 43.5 Å². The highest BCUT2D eigenvalue weighted by molar-refractivity contribution is 7.47. The number of hydrogen-bond acceptors (Lipinski definition) is 14. The molecule has 0 saturated heterocycles. The largest absolute Gasteiger partial charge is 0.472 e. The van der Waals surface area contributed by atoms with E-state index in [1.807, 2.05) is 0 Å². The molecule has 0 radical (unpaired) electrons. The fraction of sp³-hybridized carbons (Fsp3) is 0.754. The van der Waals surface area contributed by atoms with Crippen LogP contribution in [-0.2, 0) is 55.8 Å². The third-order valence-electron chi connectivity index (χ3n) is 14.1. The Kier molecular flexibility index (Phi) is 60.5. The highest BCUT2D eigenvalue weighted by atomic mass is 31.2. The molecule has 0 aliphatic carbocycles. The van der Waals surface area contributed by atoms with Crippen LogP contribution in [0.5, 0.6) is 0 Å². The number of esters is 3. The van der Waals surface area contributed by atoms with E-state index in [1.54, 1.807) is 0 Å². The van der Waals surface area contributed by atoms with Crippen molar-refractivity contribution in [2.75, 3.05) is 39.6 Å². The van der Waals surface area contributed by atoms with Crippen molar-refractivity contribution in [3.8, 4) is 0 Å². The van der Waals surface area contributed by atoms with Crippen molar-refractivity contribution < 1.29 is 75.8 Å². The van der Waals surface area contributed by atoms with Crippen LogP contribution in [0.1, 0.15) is 278 Å². The molecule has 16 nitrogen and oxygen atoms in total. The van der Waals surface area contributed by atoms with Gasteiger partial charge in [0, 0.05) is 19.3 Å². The molecule has 0 fully saturated rings. The Balaban J connectivity index is 4.65. The van der Waals surface area contributed by atoms with Gasteiger partial charge in [0.05, 0.1) is 26.4 Å². The minimum absolute atomic E-state index is 0.104. The first-order chi connectivity index (χ1) is 42.2. The average Bonchev–Trinajstić information content (AvgIpc) is 3.68. The van der Waals surface area contributed by atoms with Gasteiger partial charge in [-0.2, -0.15) is 0 Å². The zero-order valence-electron chi connectivity index (χ0n) is 54.4. The number of allylic oxidation sites excluding steroid dienone is 14. The highest BCUT2D eigenvalue weighted by Crippen LogP contribution is 2.45. The number of aliphatic hydroxyl groups is 2. The Morgan fingerprint density at radius 3 is 0.989 bits per heavy atom. The first kappa shape index (κ1) is 83.7. The number of rotatable bonds is 64. The van der Waals surface area contributed by atoms with Gasteiger partial charge in [0.1, 0.15) is 25.4 Å². The maximum Gasteiger partial charge on any atom is 0.472 e. The van der Waals surface area contributed by atoms with Crippen LogP contribution in [-0.4, -0.2) is 95.9 Å². The number of phosphoric acid groups is 2. The van der Waals surface area contributed by atoms with Gasteiger partial charge in [-0.25, -0.2) is 9.13 Å². The quantitative estimate of drug-likeness (QED) is 0.0146. The molecule has 0 aromatic rings. The maximum atomic E-state index is 12.9.